The Morgan fingerprint density at radius 2 is 2.05 bits per heavy atom. The van der Waals surface area contributed by atoms with Crippen LogP contribution in [0.2, 0.25) is 0 Å². The van der Waals surface area contributed by atoms with Gasteiger partial charge in [-0.15, -0.1) is 0 Å². The molecular weight excluding hydrogens is 244 g/mol. The molecule has 1 aromatic carbocycles. The highest BCUT2D eigenvalue weighted by Gasteiger charge is 2.26. The van der Waals surface area contributed by atoms with Crippen molar-refractivity contribution >= 4 is 0 Å². The van der Waals surface area contributed by atoms with E-state index in [0.29, 0.717) is 23.9 Å². The Morgan fingerprint density at radius 3 is 2.63 bits per heavy atom. The van der Waals surface area contributed by atoms with Gasteiger partial charge in [-0.25, -0.2) is 0 Å². The molecule has 1 unspecified atom stereocenters. The molecule has 1 aliphatic carbocycles. The van der Waals surface area contributed by atoms with Gasteiger partial charge in [0, 0.05) is 12.6 Å². The van der Waals surface area contributed by atoms with Crippen LogP contribution < -0.4 is 10.1 Å². The predicted octanol–water partition coefficient (Wildman–Crippen LogP) is 0.411. The number of nitriles is 1. The fourth-order valence-electron chi connectivity index (χ4n) is 1.93. The van der Waals surface area contributed by atoms with Crippen molar-refractivity contribution in [3.8, 4) is 11.8 Å². The van der Waals surface area contributed by atoms with Crippen LogP contribution >= 0.6 is 0 Å². The lowest BCUT2D eigenvalue weighted by Gasteiger charge is -2.32. The van der Waals surface area contributed by atoms with E-state index in [1.54, 1.807) is 24.3 Å². The summed E-state index contributed by atoms with van der Waals surface area (Å²) in [5, 5.41) is 30.7. The molecule has 3 N–H and O–H groups in total. The summed E-state index contributed by atoms with van der Waals surface area (Å²) in [6.45, 7) is 0.655. The van der Waals surface area contributed by atoms with Crippen molar-refractivity contribution in [2.75, 3.05) is 13.2 Å². The monoisotopic (exact) mass is 262 g/mol. The summed E-state index contributed by atoms with van der Waals surface area (Å²) in [7, 11) is 0. The molecule has 0 saturated heterocycles. The van der Waals surface area contributed by atoms with Crippen molar-refractivity contribution in [3.05, 3.63) is 29.8 Å². The second-order valence-corrected chi connectivity index (χ2v) is 4.83. The van der Waals surface area contributed by atoms with Gasteiger partial charge in [0.2, 0.25) is 0 Å². The Morgan fingerprint density at radius 1 is 1.37 bits per heavy atom. The van der Waals surface area contributed by atoms with Gasteiger partial charge in [-0.1, -0.05) is 0 Å². The van der Waals surface area contributed by atoms with Crippen LogP contribution in [-0.2, 0) is 0 Å². The molecule has 0 spiro atoms. The first-order chi connectivity index (χ1) is 9.17. The molecule has 0 radical (unpaired) electrons. The second kappa shape index (κ2) is 6.53. The Bertz CT molecular complexity index is 435. The second-order valence-electron chi connectivity index (χ2n) is 4.83. The highest BCUT2D eigenvalue weighted by molar-refractivity contribution is 5.34. The van der Waals surface area contributed by atoms with Crippen LogP contribution in [0.25, 0.3) is 0 Å². The van der Waals surface area contributed by atoms with Crippen LogP contribution in [0.15, 0.2) is 24.3 Å². The van der Waals surface area contributed by atoms with Crippen molar-refractivity contribution in [3.63, 3.8) is 0 Å². The minimum atomic E-state index is -0.589. The summed E-state index contributed by atoms with van der Waals surface area (Å²) in [5.74, 6) is 0.636. The maximum Gasteiger partial charge on any atom is 0.119 e. The van der Waals surface area contributed by atoms with E-state index in [-0.39, 0.29) is 12.7 Å². The molecule has 2 rings (SSSR count). The molecular formula is C14H18N2O3. The van der Waals surface area contributed by atoms with Gasteiger partial charge >= 0.3 is 0 Å². The Labute approximate surface area is 112 Å². The molecule has 1 fully saturated rings. The molecule has 0 bridgehead atoms. The number of hydrogen-bond donors (Lipinski definition) is 3. The van der Waals surface area contributed by atoms with E-state index in [0.717, 1.165) is 12.8 Å². The number of benzene rings is 1. The molecule has 0 heterocycles. The summed E-state index contributed by atoms with van der Waals surface area (Å²) in [6.07, 6.45) is 0.727. The molecule has 19 heavy (non-hydrogen) atoms. The SMILES string of the molecule is N#Cc1ccc(OCC(O)CNC2CC(O)C2)cc1. The Kier molecular flexibility index (Phi) is 4.74. The zero-order valence-corrected chi connectivity index (χ0v) is 10.6. The predicted molar refractivity (Wildman–Crippen MR) is 69.7 cm³/mol. The van der Waals surface area contributed by atoms with Crippen LogP contribution in [0.5, 0.6) is 5.75 Å². The van der Waals surface area contributed by atoms with E-state index in [1.165, 1.54) is 0 Å². The summed E-state index contributed by atoms with van der Waals surface area (Å²) in [5.41, 5.74) is 0.582. The maximum atomic E-state index is 9.74. The van der Waals surface area contributed by atoms with Gasteiger partial charge in [0.05, 0.1) is 17.7 Å². The lowest BCUT2D eigenvalue weighted by Crippen LogP contribution is -2.47. The fraction of sp³-hybridized carbons (Fsp3) is 0.500. The van der Waals surface area contributed by atoms with Crippen molar-refractivity contribution in [1.29, 1.82) is 5.26 Å². The van der Waals surface area contributed by atoms with Crippen molar-refractivity contribution < 1.29 is 14.9 Å². The summed E-state index contributed by atoms with van der Waals surface area (Å²) >= 11 is 0. The largest absolute Gasteiger partial charge is 0.491 e. The van der Waals surface area contributed by atoms with Crippen LogP contribution in [0.3, 0.4) is 0 Å². The number of ether oxygens (including phenoxy) is 1. The van der Waals surface area contributed by atoms with E-state index in [4.69, 9.17) is 15.1 Å². The van der Waals surface area contributed by atoms with Crippen LogP contribution in [0.4, 0.5) is 0 Å². The van der Waals surface area contributed by atoms with Gasteiger partial charge in [0.25, 0.3) is 0 Å². The molecule has 1 aliphatic rings. The number of rotatable bonds is 6. The molecule has 102 valence electrons. The molecule has 5 nitrogen and oxygen atoms in total. The van der Waals surface area contributed by atoms with E-state index in [1.807, 2.05) is 6.07 Å². The average Bonchev–Trinajstić information content (AvgIpc) is 2.40. The number of nitrogens with one attached hydrogen (secondary N) is 1. The normalized spacial score (nSPS) is 23.2. The zero-order chi connectivity index (χ0) is 13.7. The minimum absolute atomic E-state index is 0.190. The molecule has 0 amide bonds. The summed E-state index contributed by atoms with van der Waals surface area (Å²) in [4.78, 5) is 0. The zero-order valence-electron chi connectivity index (χ0n) is 10.6. The number of nitrogens with zero attached hydrogens (tertiary/aromatic N) is 1. The average molecular weight is 262 g/mol. The quantitative estimate of drug-likeness (QED) is 0.691. The van der Waals surface area contributed by atoms with Crippen molar-refractivity contribution in [1.82, 2.24) is 5.32 Å². The van der Waals surface area contributed by atoms with Gasteiger partial charge < -0.3 is 20.3 Å². The van der Waals surface area contributed by atoms with Gasteiger partial charge in [-0.3, -0.25) is 0 Å². The molecule has 0 aromatic heterocycles. The van der Waals surface area contributed by atoms with E-state index in [2.05, 4.69) is 5.32 Å². The number of hydrogen-bond acceptors (Lipinski definition) is 5. The summed E-state index contributed by atoms with van der Waals surface area (Å²) in [6, 6.07) is 9.11. The number of aliphatic hydroxyl groups excluding tert-OH is 2. The van der Waals surface area contributed by atoms with Gasteiger partial charge in [0.1, 0.15) is 18.5 Å². The smallest absolute Gasteiger partial charge is 0.119 e. The van der Waals surface area contributed by atoms with Crippen LogP contribution in [0.1, 0.15) is 18.4 Å². The molecule has 1 atom stereocenters. The van der Waals surface area contributed by atoms with Crippen LogP contribution in [-0.4, -0.2) is 41.6 Å². The third kappa shape index (κ3) is 4.21. The van der Waals surface area contributed by atoms with Crippen molar-refractivity contribution in [2.45, 2.75) is 31.1 Å². The number of aliphatic hydroxyl groups is 2. The van der Waals surface area contributed by atoms with Crippen molar-refractivity contribution in [2.24, 2.45) is 0 Å². The molecule has 1 aromatic rings. The summed E-state index contributed by atoms with van der Waals surface area (Å²) < 4.78 is 5.42. The van der Waals surface area contributed by atoms with E-state index in [9.17, 15) is 5.11 Å². The van der Waals surface area contributed by atoms with E-state index < -0.39 is 6.10 Å². The first-order valence-electron chi connectivity index (χ1n) is 6.40. The molecule has 5 heteroatoms. The third-order valence-corrected chi connectivity index (χ3v) is 3.18. The van der Waals surface area contributed by atoms with Gasteiger partial charge in [-0.05, 0) is 37.1 Å². The molecule has 1 saturated carbocycles. The highest BCUT2D eigenvalue weighted by atomic mass is 16.5. The standard InChI is InChI=1S/C14H18N2O3/c15-7-10-1-3-14(4-2-10)19-9-13(18)8-16-11-5-12(17)6-11/h1-4,11-13,16-18H,5-6,8-9H2. The molecule has 0 aliphatic heterocycles. The van der Waals surface area contributed by atoms with Gasteiger partial charge in [-0.2, -0.15) is 5.26 Å². The topological polar surface area (TPSA) is 85.5 Å². The first kappa shape index (κ1) is 13.8. The Hall–Kier alpha value is -1.61. The third-order valence-electron chi connectivity index (χ3n) is 3.18. The maximum absolute atomic E-state index is 9.74. The first-order valence-corrected chi connectivity index (χ1v) is 6.40. The van der Waals surface area contributed by atoms with Gasteiger partial charge in [0.15, 0.2) is 0 Å². The Balaban J connectivity index is 1.65. The lowest BCUT2D eigenvalue weighted by atomic mass is 9.89. The van der Waals surface area contributed by atoms with E-state index >= 15 is 0 Å². The highest BCUT2D eigenvalue weighted by Crippen LogP contribution is 2.19. The minimum Gasteiger partial charge on any atom is -0.491 e. The lowest BCUT2D eigenvalue weighted by molar-refractivity contribution is 0.0488. The van der Waals surface area contributed by atoms with Crippen LogP contribution in [0, 0.1) is 11.3 Å². The fourth-order valence-corrected chi connectivity index (χ4v) is 1.93.